The monoisotopic (exact) mass is 364 g/mol. The highest BCUT2D eigenvalue weighted by Gasteiger charge is 2.22. The van der Waals surface area contributed by atoms with Crippen molar-refractivity contribution in [1.29, 1.82) is 0 Å². The van der Waals surface area contributed by atoms with Crippen LogP contribution in [0.3, 0.4) is 0 Å². The summed E-state index contributed by atoms with van der Waals surface area (Å²) in [5.41, 5.74) is 9.33. The van der Waals surface area contributed by atoms with Crippen molar-refractivity contribution in [2.24, 2.45) is 16.6 Å². The van der Waals surface area contributed by atoms with Crippen molar-refractivity contribution < 1.29 is 4.79 Å². The van der Waals surface area contributed by atoms with Gasteiger partial charge in [-0.2, -0.15) is 0 Å². The Hall–Kier alpha value is -2.82. The van der Waals surface area contributed by atoms with E-state index in [1.54, 1.807) is 0 Å². The summed E-state index contributed by atoms with van der Waals surface area (Å²) in [5, 5.41) is 3.02. The van der Waals surface area contributed by atoms with Crippen molar-refractivity contribution in [3.8, 4) is 0 Å². The average Bonchev–Trinajstić information content (AvgIpc) is 2.69. The van der Waals surface area contributed by atoms with Gasteiger partial charge >= 0.3 is 0 Å². The van der Waals surface area contributed by atoms with Crippen molar-refractivity contribution >= 4 is 17.6 Å². The molecule has 5 nitrogen and oxygen atoms in total. The number of benzene rings is 2. The molecule has 1 heterocycles. The van der Waals surface area contributed by atoms with Crippen LogP contribution in [0.2, 0.25) is 0 Å². The number of aryl methyl sites for hydroxylation is 1. The molecule has 0 unspecified atom stereocenters. The van der Waals surface area contributed by atoms with Gasteiger partial charge in [0.15, 0.2) is 5.96 Å². The van der Waals surface area contributed by atoms with E-state index in [1.165, 1.54) is 11.1 Å². The zero-order chi connectivity index (χ0) is 19.1. The van der Waals surface area contributed by atoms with Gasteiger partial charge in [0, 0.05) is 18.8 Å². The molecule has 0 bridgehead atoms. The van der Waals surface area contributed by atoms with Crippen molar-refractivity contribution in [3.63, 3.8) is 0 Å². The number of aliphatic imine (C=N–C) groups is 1. The number of piperidine rings is 1. The fraction of sp³-hybridized carbons (Fsp3) is 0.364. The maximum absolute atomic E-state index is 12.4. The molecule has 0 saturated carbocycles. The van der Waals surface area contributed by atoms with Gasteiger partial charge < -0.3 is 16.0 Å². The molecule has 142 valence electrons. The van der Waals surface area contributed by atoms with Crippen LogP contribution in [0.1, 0.15) is 24.0 Å². The molecule has 3 N–H and O–H groups in total. The molecule has 2 aromatic rings. The van der Waals surface area contributed by atoms with Crippen LogP contribution in [-0.2, 0) is 11.2 Å². The second-order valence-electron chi connectivity index (χ2n) is 7.21. The SMILES string of the molecule is Cc1ccc(NC(N)=NCC(=O)N2CCC(Cc3ccccc3)CC2)cc1. The Balaban J connectivity index is 1.43. The molecular weight excluding hydrogens is 336 g/mol. The Bertz CT molecular complexity index is 763. The lowest BCUT2D eigenvalue weighted by Gasteiger charge is -2.31. The van der Waals surface area contributed by atoms with E-state index in [1.807, 2.05) is 42.2 Å². The van der Waals surface area contributed by atoms with Gasteiger partial charge in [-0.25, -0.2) is 4.99 Å². The fourth-order valence-electron chi connectivity index (χ4n) is 3.41. The lowest BCUT2D eigenvalue weighted by atomic mass is 9.90. The van der Waals surface area contributed by atoms with E-state index in [2.05, 4.69) is 34.6 Å². The second-order valence-corrected chi connectivity index (χ2v) is 7.21. The number of anilines is 1. The molecule has 27 heavy (non-hydrogen) atoms. The first-order chi connectivity index (χ1) is 13.1. The number of rotatable bonds is 5. The Morgan fingerprint density at radius 2 is 1.78 bits per heavy atom. The zero-order valence-corrected chi connectivity index (χ0v) is 15.9. The van der Waals surface area contributed by atoms with E-state index in [9.17, 15) is 4.79 Å². The van der Waals surface area contributed by atoms with Crippen molar-refractivity contribution in [2.75, 3.05) is 25.0 Å². The van der Waals surface area contributed by atoms with Gasteiger partial charge in [0.05, 0.1) is 0 Å². The van der Waals surface area contributed by atoms with Crippen molar-refractivity contribution in [3.05, 3.63) is 65.7 Å². The topological polar surface area (TPSA) is 70.7 Å². The molecule has 0 atom stereocenters. The lowest BCUT2D eigenvalue weighted by Crippen LogP contribution is -2.40. The Labute approximate surface area is 161 Å². The molecule has 0 aromatic heterocycles. The maximum atomic E-state index is 12.4. The summed E-state index contributed by atoms with van der Waals surface area (Å²) in [6.45, 7) is 3.73. The van der Waals surface area contributed by atoms with Crippen LogP contribution in [-0.4, -0.2) is 36.4 Å². The third-order valence-corrected chi connectivity index (χ3v) is 5.04. The first-order valence-corrected chi connectivity index (χ1v) is 9.55. The zero-order valence-electron chi connectivity index (χ0n) is 15.9. The Kier molecular flexibility index (Phi) is 6.47. The summed E-state index contributed by atoms with van der Waals surface area (Å²) in [5.74, 6) is 0.959. The van der Waals surface area contributed by atoms with E-state index in [0.29, 0.717) is 5.92 Å². The van der Waals surface area contributed by atoms with Gasteiger partial charge in [-0.15, -0.1) is 0 Å². The van der Waals surface area contributed by atoms with Gasteiger partial charge in [-0.1, -0.05) is 48.0 Å². The van der Waals surface area contributed by atoms with Crippen LogP contribution in [0.15, 0.2) is 59.6 Å². The predicted molar refractivity (Wildman–Crippen MR) is 111 cm³/mol. The summed E-state index contributed by atoms with van der Waals surface area (Å²) < 4.78 is 0. The molecule has 1 fully saturated rings. The number of guanidine groups is 1. The molecule has 2 aromatic carbocycles. The summed E-state index contributed by atoms with van der Waals surface area (Å²) in [6, 6.07) is 18.5. The molecule has 1 amide bonds. The van der Waals surface area contributed by atoms with E-state index in [0.717, 1.165) is 38.0 Å². The molecule has 0 spiro atoms. The first-order valence-electron chi connectivity index (χ1n) is 9.55. The molecule has 1 aliphatic rings. The number of hydrogen-bond donors (Lipinski definition) is 2. The summed E-state index contributed by atoms with van der Waals surface area (Å²) in [6.07, 6.45) is 3.18. The third-order valence-electron chi connectivity index (χ3n) is 5.04. The number of nitrogens with two attached hydrogens (primary N) is 1. The van der Waals surface area contributed by atoms with Crippen LogP contribution in [0.5, 0.6) is 0 Å². The van der Waals surface area contributed by atoms with E-state index < -0.39 is 0 Å². The average molecular weight is 364 g/mol. The summed E-state index contributed by atoms with van der Waals surface area (Å²) in [7, 11) is 0. The van der Waals surface area contributed by atoms with E-state index in [4.69, 9.17) is 5.73 Å². The van der Waals surface area contributed by atoms with E-state index >= 15 is 0 Å². The molecule has 0 aliphatic carbocycles. The third kappa shape index (κ3) is 5.84. The van der Waals surface area contributed by atoms with E-state index in [-0.39, 0.29) is 18.4 Å². The highest BCUT2D eigenvalue weighted by molar-refractivity contribution is 5.93. The predicted octanol–water partition coefficient (Wildman–Crippen LogP) is 3.20. The van der Waals surface area contributed by atoms with Gasteiger partial charge in [0.2, 0.25) is 5.91 Å². The molecular formula is C22H28N4O. The summed E-state index contributed by atoms with van der Waals surface area (Å²) in [4.78, 5) is 18.5. The van der Waals surface area contributed by atoms with Crippen LogP contribution >= 0.6 is 0 Å². The molecule has 0 radical (unpaired) electrons. The number of nitrogens with one attached hydrogen (secondary N) is 1. The highest BCUT2D eigenvalue weighted by atomic mass is 16.2. The smallest absolute Gasteiger partial charge is 0.244 e. The first kappa shape index (κ1) is 19.0. The van der Waals surface area contributed by atoms with Gasteiger partial charge in [0.1, 0.15) is 6.54 Å². The number of likely N-dealkylation sites (tertiary alicyclic amines) is 1. The molecule has 1 aliphatic heterocycles. The second kappa shape index (κ2) is 9.21. The normalized spacial score (nSPS) is 15.6. The number of hydrogen-bond acceptors (Lipinski definition) is 2. The van der Waals surface area contributed by atoms with Crippen molar-refractivity contribution in [1.82, 2.24) is 4.90 Å². The van der Waals surface area contributed by atoms with Crippen LogP contribution in [0.4, 0.5) is 5.69 Å². The summed E-state index contributed by atoms with van der Waals surface area (Å²) >= 11 is 0. The Morgan fingerprint density at radius 3 is 2.44 bits per heavy atom. The Morgan fingerprint density at radius 1 is 1.11 bits per heavy atom. The minimum absolute atomic E-state index is 0.0433. The largest absolute Gasteiger partial charge is 0.370 e. The van der Waals surface area contributed by atoms with Crippen LogP contribution in [0, 0.1) is 12.8 Å². The van der Waals surface area contributed by atoms with Crippen LogP contribution in [0.25, 0.3) is 0 Å². The number of nitrogens with zero attached hydrogens (tertiary/aromatic N) is 2. The number of carbonyl (C=O) groups excluding carboxylic acids is 1. The number of carbonyl (C=O) groups is 1. The van der Waals surface area contributed by atoms with Crippen LogP contribution < -0.4 is 11.1 Å². The highest BCUT2D eigenvalue weighted by Crippen LogP contribution is 2.21. The molecule has 5 heteroatoms. The molecule has 1 saturated heterocycles. The number of amides is 1. The fourth-order valence-corrected chi connectivity index (χ4v) is 3.41. The minimum Gasteiger partial charge on any atom is -0.370 e. The lowest BCUT2D eigenvalue weighted by molar-refractivity contribution is -0.130. The standard InChI is InChI=1S/C22H28N4O/c1-17-7-9-20(10-8-17)25-22(23)24-16-21(27)26-13-11-19(12-14-26)15-18-5-3-2-4-6-18/h2-10,19H,11-16H2,1H3,(H3,23,24,25). The maximum Gasteiger partial charge on any atom is 0.244 e. The van der Waals surface area contributed by atoms with Gasteiger partial charge in [0.25, 0.3) is 0 Å². The minimum atomic E-state index is 0.0433. The quantitative estimate of drug-likeness (QED) is 0.632. The van der Waals surface area contributed by atoms with Gasteiger partial charge in [-0.05, 0) is 49.8 Å². The van der Waals surface area contributed by atoms with Crippen molar-refractivity contribution in [2.45, 2.75) is 26.2 Å². The molecule has 3 rings (SSSR count). The van der Waals surface area contributed by atoms with Gasteiger partial charge in [-0.3, -0.25) is 4.79 Å².